The molecule has 0 aromatic heterocycles. The van der Waals surface area contributed by atoms with Gasteiger partial charge >= 0.3 is 11.4 Å². The van der Waals surface area contributed by atoms with E-state index in [1.54, 1.807) is 49.4 Å². The molecule has 49 heavy (non-hydrogen) atoms. The van der Waals surface area contributed by atoms with Crippen LogP contribution in [0.15, 0.2) is 78.4 Å². The van der Waals surface area contributed by atoms with E-state index in [9.17, 15) is 44.5 Å². The number of rotatable bonds is 6. The Morgan fingerprint density at radius 1 is 0.816 bits per heavy atom. The molecule has 14 heteroatoms. The van der Waals surface area contributed by atoms with Crippen molar-refractivity contribution in [2.24, 2.45) is 29.1 Å². The first kappa shape index (κ1) is 31.7. The second-order valence-electron chi connectivity index (χ2n) is 13.3. The monoisotopic (exact) mass is 665 g/mol. The van der Waals surface area contributed by atoms with Crippen molar-refractivity contribution in [3.8, 4) is 5.75 Å². The summed E-state index contributed by atoms with van der Waals surface area (Å²) in [5, 5.41) is 34.2. The van der Waals surface area contributed by atoms with Crippen LogP contribution in [0.4, 0.5) is 28.4 Å². The minimum absolute atomic E-state index is 0.00548. The first-order valence-electron chi connectivity index (χ1n) is 15.7. The van der Waals surface area contributed by atoms with E-state index >= 15 is 0 Å². The maximum atomic E-state index is 14.4. The molecule has 4 aliphatic rings. The fraction of sp³-hybridized carbons (Fsp3) is 0.314. The number of nitrogens with zero attached hydrogens (tertiary/aromatic N) is 5. The molecular formula is C35H31N5O9. The zero-order valence-corrected chi connectivity index (χ0v) is 26.7. The number of anilines is 3. The molecule has 14 nitrogen and oxygen atoms in total. The summed E-state index contributed by atoms with van der Waals surface area (Å²) >= 11 is 0. The van der Waals surface area contributed by atoms with Gasteiger partial charge in [-0.25, -0.2) is 9.80 Å². The predicted octanol–water partition coefficient (Wildman–Crippen LogP) is 4.71. The molecule has 6 atom stereocenters. The lowest BCUT2D eigenvalue weighted by Gasteiger charge is -2.49. The summed E-state index contributed by atoms with van der Waals surface area (Å²) in [4.78, 5) is 82.8. The molecule has 2 heterocycles. The van der Waals surface area contributed by atoms with Gasteiger partial charge in [-0.05, 0) is 55.5 Å². The molecule has 1 saturated carbocycles. The summed E-state index contributed by atoms with van der Waals surface area (Å²) in [5.41, 5.74) is -1.34. The largest absolute Gasteiger partial charge is 0.508 e. The molecule has 1 N–H and O–H groups in total. The third-order valence-corrected chi connectivity index (χ3v) is 10.7. The highest BCUT2D eigenvalue weighted by molar-refractivity contribution is 6.25. The van der Waals surface area contributed by atoms with Crippen LogP contribution in [-0.4, -0.2) is 52.7 Å². The Bertz CT molecular complexity index is 1980. The number of carbonyl (C=O) groups is 4. The minimum atomic E-state index is -1.27. The number of amides is 4. The van der Waals surface area contributed by atoms with Gasteiger partial charge < -0.3 is 10.0 Å². The standard InChI is InChI=1S/C35H31N5O9/c1-35-25(32(43)38(34(35)45)19-7-5-4-6-8-19)17-24-22(29(35)18-9-11-21(41)12-10-18)13-14-23-28(24)33(44)37(31(23)42)20-15-26(39(46)47)30(36(2)3)27(16-20)40(48)49/h4-13,15-16,23-25,28-29,41H,14,17H2,1-3H3. The first-order chi connectivity index (χ1) is 23.3. The van der Waals surface area contributed by atoms with Gasteiger partial charge in [0.1, 0.15) is 5.75 Å². The van der Waals surface area contributed by atoms with Crippen LogP contribution in [0.3, 0.4) is 0 Å². The van der Waals surface area contributed by atoms with E-state index in [1.807, 2.05) is 6.08 Å². The lowest BCUT2D eigenvalue weighted by molar-refractivity contribution is -0.392. The Morgan fingerprint density at radius 2 is 1.43 bits per heavy atom. The van der Waals surface area contributed by atoms with Crippen molar-refractivity contribution >= 4 is 52.1 Å². The molecule has 4 amide bonds. The van der Waals surface area contributed by atoms with Crippen molar-refractivity contribution in [1.29, 1.82) is 0 Å². The summed E-state index contributed by atoms with van der Waals surface area (Å²) in [5.74, 6) is -6.28. The summed E-state index contributed by atoms with van der Waals surface area (Å²) in [6.07, 6.45) is 2.04. The molecule has 6 unspecified atom stereocenters. The summed E-state index contributed by atoms with van der Waals surface area (Å²) in [6.45, 7) is 1.75. The molecule has 2 saturated heterocycles. The third kappa shape index (κ3) is 4.46. The van der Waals surface area contributed by atoms with Crippen molar-refractivity contribution < 1.29 is 34.1 Å². The number of benzene rings is 3. The molecule has 3 aromatic carbocycles. The van der Waals surface area contributed by atoms with E-state index in [-0.39, 0.29) is 30.0 Å². The Kier molecular flexibility index (Phi) is 7.16. The van der Waals surface area contributed by atoms with Crippen molar-refractivity contribution in [2.75, 3.05) is 28.8 Å². The number of carbonyl (C=O) groups excluding carboxylic acids is 4. The first-order valence-corrected chi connectivity index (χ1v) is 15.7. The second-order valence-corrected chi connectivity index (χ2v) is 13.3. The Morgan fingerprint density at radius 3 is 2.00 bits per heavy atom. The van der Waals surface area contributed by atoms with Gasteiger partial charge in [-0.2, -0.15) is 0 Å². The van der Waals surface area contributed by atoms with E-state index in [4.69, 9.17) is 0 Å². The highest BCUT2D eigenvalue weighted by Crippen LogP contribution is 2.64. The molecule has 0 spiro atoms. The SMILES string of the molecule is CN(C)c1c([N+](=O)[O-])cc(N2C(=O)C3CC=C4C(CC5C(=O)N(c6ccccc6)C(=O)C5(C)C4c4ccc(O)cc4)C3C2=O)cc1[N+](=O)[O-]. The van der Waals surface area contributed by atoms with Crippen LogP contribution < -0.4 is 14.7 Å². The fourth-order valence-electron chi connectivity index (χ4n) is 8.60. The molecule has 7 rings (SSSR count). The number of phenolic OH excluding ortho intramolecular Hbond substituents is 1. The maximum absolute atomic E-state index is 14.4. The van der Waals surface area contributed by atoms with Crippen LogP contribution in [0, 0.1) is 49.3 Å². The minimum Gasteiger partial charge on any atom is -0.508 e. The molecule has 3 aromatic rings. The highest BCUT2D eigenvalue weighted by atomic mass is 16.6. The molecule has 2 aliphatic carbocycles. The summed E-state index contributed by atoms with van der Waals surface area (Å²) < 4.78 is 0. The average molecular weight is 666 g/mol. The molecule has 250 valence electrons. The van der Waals surface area contributed by atoms with Crippen molar-refractivity contribution in [2.45, 2.75) is 25.7 Å². The third-order valence-electron chi connectivity index (χ3n) is 10.7. The van der Waals surface area contributed by atoms with Gasteiger partial charge in [-0.3, -0.25) is 39.4 Å². The van der Waals surface area contributed by atoms with Gasteiger partial charge in [0.25, 0.3) is 0 Å². The number of hydrogen-bond donors (Lipinski definition) is 1. The van der Waals surface area contributed by atoms with Gasteiger partial charge in [0.05, 0.1) is 44.4 Å². The fourth-order valence-corrected chi connectivity index (χ4v) is 8.60. The zero-order valence-electron chi connectivity index (χ0n) is 26.7. The van der Waals surface area contributed by atoms with Crippen LogP contribution in [-0.2, 0) is 19.2 Å². The van der Waals surface area contributed by atoms with Gasteiger partial charge in [0.15, 0.2) is 5.69 Å². The van der Waals surface area contributed by atoms with Crippen LogP contribution in [0.25, 0.3) is 0 Å². The van der Waals surface area contributed by atoms with Crippen molar-refractivity contribution in [3.63, 3.8) is 0 Å². The summed E-state index contributed by atoms with van der Waals surface area (Å²) in [6, 6.07) is 16.9. The van der Waals surface area contributed by atoms with E-state index in [1.165, 1.54) is 36.0 Å². The maximum Gasteiger partial charge on any atom is 0.301 e. The number of nitro benzene ring substituents is 2. The van der Waals surface area contributed by atoms with Crippen LogP contribution >= 0.6 is 0 Å². The number of nitro groups is 2. The van der Waals surface area contributed by atoms with Crippen LogP contribution in [0.1, 0.15) is 31.2 Å². The van der Waals surface area contributed by atoms with Crippen molar-refractivity contribution in [1.82, 2.24) is 0 Å². The number of hydrogen-bond acceptors (Lipinski definition) is 10. The normalized spacial score (nSPS) is 27.4. The molecule has 0 bridgehead atoms. The zero-order chi connectivity index (χ0) is 35.1. The Hall–Kier alpha value is -5.92. The lowest BCUT2D eigenvalue weighted by atomic mass is 9.51. The molecule has 2 aliphatic heterocycles. The van der Waals surface area contributed by atoms with Crippen LogP contribution in [0.2, 0.25) is 0 Å². The van der Waals surface area contributed by atoms with Gasteiger partial charge in [-0.15, -0.1) is 0 Å². The second kappa shape index (κ2) is 11.1. The van der Waals surface area contributed by atoms with E-state index in [0.717, 1.165) is 17.0 Å². The van der Waals surface area contributed by atoms with Crippen LogP contribution in [0.5, 0.6) is 5.75 Å². The van der Waals surface area contributed by atoms with E-state index < -0.39 is 79.9 Å². The Labute approximate surface area is 279 Å². The summed E-state index contributed by atoms with van der Waals surface area (Å²) in [7, 11) is 2.83. The smallest absolute Gasteiger partial charge is 0.301 e. The molecule has 3 fully saturated rings. The quantitative estimate of drug-likeness (QED) is 0.167. The number of aromatic hydroxyl groups is 1. The van der Waals surface area contributed by atoms with Gasteiger partial charge in [0, 0.05) is 32.1 Å². The lowest BCUT2D eigenvalue weighted by Crippen LogP contribution is -2.48. The number of allylic oxidation sites excluding steroid dienone is 2. The van der Waals surface area contributed by atoms with Gasteiger partial charge in [0.2, 0.25) is 23.6 Å². The van der Waals surface area contributed by atoms with E-state index in [2.05, 4.69) is 0 Å². The van der Waals surface area contributed by atoms with Crippen molar-refractivity contribution in [3.05, 3.63) is 104 Å². The number of para-hydroxylation sites is 1. The average Bonchev–Trinajstić information content (AvgIpc) is 3.44. The number of phenols is 1. The topological polar surface area (TPSA) is 185 Å². The predicted molar refractivity (Wildman–Crippen MR) is 176 cm³/mol. The van der Waals surface area contributed by atoms with E-state index in [0.29, 0.717) is 16.8 Å². The molecular weight excluding hydrogens is 634 g/mol. The number of imide groups is 2. The highest BCUT2D eigenvalue weighted by Gasteiger charge is 2.67. The van der Waals surface area contributed by atoms with Gasteiger partial charge in [-0.1, -0.05) is 42.0 Å². The number of fused-ring (bicyclic) bond motifs is 4. The Balaban J connectivity index is 1.35. The molecule has 0 radical (unpaired) electrons.